The van der Waals surface area contributed by atoms with E-state index >= 15 is 0 Å². The van der Waals surface area contributed by atoms with E-state index in [1.54, 1.807) is 0 Å². The average molecular weight is 417 g/mol. The zero-order chi connectivity index (χ0) is 17.2. The fourth-order valence-electron chi connectivity index (χ4n) is 3.35. The summed E-state index contributed by atoms with van der Waals surface area (Å²) in [5.41, 5.74) is 2.76. The van der Waals surface area contributed by atoms with Crippen LogP contribution in [0.5, 0.6) is 0 Å². The Morgan fingerprint density at radius 1 is 1.16 bits per heavy atom. The van der Waals surface area contributed by atoms with Crippen LogP contribution in [0.3, 0.4) is 0 Å². The largest absolute Gasteiger partial charge is 0.367 e. The minimum atomic E-state index is 0.485. The number of anilines is 1. The second kappa shape index (κ2) is 7.22. The molecule has 3 aromatic rings. The van der Waals surface area contributed by atoms with E-state index < -0.39 is 0 Å². The summed E-state index contributed by atoms with van der Waals surface area (Å²) in [7, 11) is 0. The molecule has 0 radical (unpaired) electrons. The van der Waals surface area contributed by atoms with E-state index in [2.05, 4.69) is 25.6 Å². The maximum Gasteiger partial charge on any atom is 0.140 e. The third-order valence-electron chi connectivity index (χ3n) is 4.60. The molecule has 1 aliphatic carbocycles. The van der Waals surface area contributed by atoms with E-state index in [1.165, 1.54) is 25.7 Å². The molecule has 0 bridgehead atoms. The van der Waals surface area contributed by atoms with Crippen molar-refractivity contribution >= 4 is 50.1 Å². The van der Waals surface area contributed by atoms with Gasteiger partial charge in [0.2, 0.25) is 0 Å². The summed E-state index contributed by atoms with van der Waals surface area (Å²) in [6, 6.07) is 14.6. The van der Waals surface area contributed by atoms with Gasteiger partial charge in [0.15, 0.2) is 0 Å². The van der Waals surface area contributed by atoms with Crippen LogP contribution in [-0.4, -0.2) is 15.4 Å². The average Bonchev–Trinajstić information content (AvgIpc) is 3.24. The summed E-state index contributed by atoms with van der Waals surface area (Å²) in [5.74, 6) is 0.973. The molecule has 1 saturated carbocycles. The maximum absolute atomic E-state index is 6.68. The van der Waals surface area contributed by atoms with Crippen LogP contribution in [-0.2, 0) is 0 Å². The highest BCUT2D eigenvalue weighted by atomic mass is 79.9. The van der Waals surface area contributed by atoms with Crippen molar-refractivity contribution in [2.45, 2.75) is 31.7 Å². The Balaban J connectivity index is 1.80. The molecule has 4 rings (SSSR count). The summed E-state index contributed by atoms with van der Waals surface area (Å²) in [4.78, 5) is 4.77. The minimum absolute atomic E-state index is 0.485. The number of imidazole rings is 1. The van der Waals surface area contributed by atoms with Crippen LogP contribution in [0.2, 0.25) is 0 Å². The van der Waals surface area contributed by atoms with Gasteiger partial charge >= 0.3 is 0 Å². The normalized spacial score (nSPS) is 15.8. The number of aromatic nitrogens is 2. The Morgan fingerprint density at radius 3 is 2.68 bits per heavy atom. The van der Waals surface area contributed by atoms with Crippen molar-refractivity contribution in [3.8, 4) is 0 Å². The Labute approximate surface area is 160 Å². The minimum Gasteiger partial charge on any atom is -0.367 e. The smallest absolute Gasteiger partial charge is 0.140 e. The number of halogens is 2. The molecule has 5 heteroatoms. The van der Waals surface area contributed by atoms with Gasteiger partial charge in [-0.25, -0.2) is 4.98 Å². The SMILES string of the molecule is ClC(=Cc1ccccc1)c1nc2ccc(Br)cn2c1NC1CCCC1. The Morgan fingerprint density at radius 2 is 1.92 bits per heavy atom. The summed E-state index contributed by atoms with van der Waals surface area (Å²) in [6.07, 6.45) is 8.96. The lowest BCUT2D eigenvalue weighted by Gasteiger charge is -2.14. The Kier molecular flexibility index (Phi) is 4.82. The zero-order valence-corrected chi connectivity index (χ0v) is 16.1. The van der Waals surface area contributed by atoms with Crippen LogP contribution in [0.25, 0.3) is 16.8 Å². The van der Waals surface area contributed by atoms with Crippen LogP contribution in [0.4, 0.5) is 5.82 Å². The lowest BCUT2D eigenvalue weighted by atomic mass is 10.2. The van der Waals surface area contributed by atoms with Gasteiger partial charge in [-0.3, -0.25) is 4.40 Å². The van der Waals surface area contributed by atoms with Crippen molar-refractivity contribution in [1.29, 1.82) is 0 Å². The van der Waals surface area contributed by atoms with Gasteiger partial charge in [-0.2, -0.15) is 0 Å². The predicted octanol–water partition coefficient (Wildman–Crippen LogP) is 6.19. The lowest BCUT2D eigenvalue weighted by Crippen LogP contribution is -2.16. The predicted molar refractivity (Wildman–Crippen MR) is 109 cm³/mol. The molecule has 0 unspecified atom stereocenters. The van der Waals surface area contributed by atoms with E-state index in [4.69, 9.17) is 16.6 Å². The molecule has 0 saturated heterocycles. The first-order chi connectivity index (χ1) is 12.2. The molecule has 0 aliphatic heterocycles. The second-order valence-corrected chi connectivity index (χ2v) is 7.74. The maximum atomic E-state index is 6.68. The number of fused-ring (bicyclic) bond motifs is 1. The van der Waals surface area contributed by atoms with E-state index in [0.717, 1.165) is 27.2 Å². The molecule has 0 atom stereocenters. The number of hydrogen-bond donors (Lipinski definition) is 1. The van der Waals surface area contributed by atoms with Crippen molar-refractivity contribution in [2.24, 2.45) is 0 Å². The molecule has 1 aromatic carbocycles. The van der Waals surface area contributed by atoms with Crippen molar-refractivity contribution in [1.82, 2.24) is 9.38 Å². The van der Waals surface area contributed by atoms with Gasteiger partial charge in [0.1, 0.15) is 17.2 Å². The molecule has 0 spiro atoms. The first kappa shape index (κ1) is 16.7. The summed E-state index contributed by atoms with van der Waals surface area (Å²) < 4.78 is 3.10. The van der Waals surface area contributed by atoms with Crippen molar-refractivity contribution in [3.63, 3.8) is 0 Å². The first-order valence-electron chi connectivity index (χ1n) is 8.57. The lowest BCUT2D eigenvalue weighted by molar-refractivity contribution is 0.748. The fourth-order valence-corrected chi connectivity index (χ4v) is 3.95. The molecule has 3 nitrogen and oxygen atoms in total. The van der Waals surface area contributed by atoms with E-state index in [0.29, 0.717) is 11.1 Å². The van der Waals surface area contributed by atoms with Crippen LogP contribution < -0.4 is 5.32 Å². The Hall–Kier alpha value is -1.78. The molecule has 0 amide bonds. The highest BCUT2D eigenvalue weighted by Gasteiger charge is 2.21. The number of hydrogen-bond acceptors (Lipinski definition) is 2. The van der Waals surface area contributed by atoms with E-state index in [-0.39, 0.29) is 0 Å². The van der Waals surface area contributed by atoms with Gasteiger partial charge in [-0.1, -0.05) is 54.8 Å². The summed E-state index contributed by atoms with van der Waals surface area (Å²) in [6.45, 7) is 0. The molecular weight excluding hydrogens is 398 g/mol. The zero-order valence-electron chi connectivity index (χ0n) is 13.8. The first-order valence-corrected chi connectivity index (χ1v) is 9.74. The molecule has 1 N–H and O–H groups in total. The highest BCUT2D eigenvalue weighted by molar-refractivity contribution is 9.10. The Bertz CT molecular complexity index is 911. The number of nitrogens with one attached hydrogen (secondary N) is 1. The number of rotatable bonds is 4. The van der Waals surface area contributed by atoms with Crippen molar-refractivity contribution in [2.75, 3.05) is 5.32 Å². The van der Waals surface area contributed by atoms with Crippen LogP contribution in [0.15, 0.2) is 53.1 Å². The molecule has 25 heavy (non-hydrogen) atoms. The second-order valence-electron chi connectivity index (χ2n) is 6.41. The molecule has 2 aromatic heterocycles. The van der Waals surface area contributed by atoms with Crippen molar-refractivity contribution in [3.05, 3.63) is 64.4 Å². The van der Waals surface area contributed by atoms with E-state index in [9.17, 15) is 0 Å². The molecular formula is C20H19BrClN3. The molecule has 128 valence electrons. The third kappa shape index (κ3) is 3.60. The number of nitrogens with zero attached hydrogens (tertiary/aromatic N) is 2. The van der Waals surface area contributed by atoms with Gasteiger partial charge in [0.05, 0.1) is 5.03 Å². The highest BCUT2D eigenvalue weighted by Crippen LogP contribution is 2.32. The van der Waals surface area contributed by atoms with Crippen LogP contribution >= 0.6 is 27.5 Å². The van der Waals surface area contributed by atoms with Crippen LogP contribution in [0.1, 0.15) is 36.9 Å². The standard InChI is InChI=1S/C20H19BrClN3/c21-15-10-11-18-24-19(17(22)12-14-6-2-1-3-7-14)20(25(18)13-15)23-16-8-4-5-9-16/h1-3,6-7,10-13,16,23H,4-5,8-9H2. The van der Waals surface area contributed by atoms with Gasteiger partial charge in [-0.05, 0) is 52.5 Å². The van der Waals surface area contributed by atoms with Gasteiger partial charge in [0, 0.05) is 16.7 Å². The van der Waals surface area contributed by atoms with E-state index in [1.807, 2.05) is 54.7 Å². The molecule has 2 heterocycles. The fraction of sp³-hybridized carbons (Fsp3) is 0.250. The summed E-state index contributed by atoms with van der Waals surface area (Å²) >= 11 is 10.2. The number of pyridine rings is 1. The molecule has 1 aliphatic rings. The van der Waals surface area contributed by atoms with Crippen molar-refractivity contribution < 1.29 is 0 Å². The monoisotopic (exact) mass is 415 g/mol. The van der Waals surface area contributed by atoms with Gasteiger partial charge < -0.3 is 5.32 Å². The number of benzene rings is 1. The topological polar surface area (TPSA) is 29.3 Å². The molecule has 1 fully saturated rings. The third-order valence-corrected chi connectivity index (χ3v) is 5.35. The quantitative estimate of drug-likeness (QED) is 0.549. The van der Waals surface area contributed by atoms with Gasteiger partial charge in [0.25, 0.3) is 0 Å². The van der Waals surface area contributed by atoms with Crippen LogP contribution in [0, 0.1) is 0 Å². The van der Waals surface area contributed by atoms with Gasteiger partial charge in [-0.15, -0.1) is 0 Å². The summed E-state index contributed by atoms with van der Waals surface area (Å²) in [5, 5.41) is 4.33.